The molecule has 0 aliphatic heterocycles. The third-order valence-corrected chi connectivity index (χ3v) is 3.19. The summed E-state index contributed by atoms with van der Waals surface area (Å²) in [6.07, 6.45) is 0. The Balaban J connectivity index is 1.75. The van der Waals surface area contributed by atoms with E-state index in [0.29, 0.717) is 71.6 Å². The molecule has 27 heavy (non-hydrogen) atoms. The van der Waals surface area contributed by atoms with E-state index in [2.05, 4.69) is 0 Å². The van der Waals surface area contributed by atoms with Gasteiger partial charge in [-0.2, -0.15) is 0 Å². The van der Waals surface area contributed by atoms with Crippen molar-refractivity contribution in [3.63, 3.8) is 0 Å². The third-order valence-electron chi connectivity index (χ3n) is 3.19. The van der Waals surface area contributed by atoms with Crippen LogP contribution in [0.25, 0.3) is 0 Å². The lowest BCUT2D eigenvalue weighted by molar-refractivity contribution is -0.0167. The highest BCUT2D eigenvalue weighted by molar-refractivity contribution is 5.89. The first-order valence-corrected chi connectivity index (χ1v) is 9.06. The molecule has 0 heterocycles. The fourth-order valence-corrected chi connectivity index (χ4v) is 1.90. The summed E-state index contributed by atoms with van der Waals surface area (Å²) in [6.45, 7) is 4.68. The van der Waals surface area contributed by atoms with Crippen LogP contribution in [0, 0.1) is 0 Å². The molecule has 0 saturated carbocycles. The number of esters is 1. The lowest BCUT2D eigenvalue weighted by atomic mass is 10.2. The third kappa shape index (κ3) is 14.2. The highest BCUT2D eigenvalue weighted by atomic mass is 16.6. The van der Waals surface area contributed by atoms with Crippen molar-refractivity contribution < 1.29 is 38.3 Å². The smallest absolute Gasteiger partial charge is 0.338 e. The van der Waals surface area contributed by atoms with Crippen molar-refractivity contribution in [2.45, 2.75) is 0 Å². The van der Waals surface area contributed by atoms with E-state index < -0.39 is 0 Å². The second-order valence-electron chi connectivity index (χ2n) is 5.29. The molecule has 0 radical (unpaired) electrons. The van der Waals surface area contributed by atoms with Crippen molar-refractivity contribution in [3.8, 4) is 0 Å². The SMILES string of the molecule is O=C(OCCOCCOCCOCCOCCOCCO)c1ccccc1. The first-order valence-electron chi connectivity index (χ1n) is 9.06. The summed E-state index contributed by atoms with van der Waals surface area (Å²) in [5, 5.41) is 8.52. The van der Waals surface area contributed by atoms with Crippen molar-refractivity contribution in [1.82, 2.24) is 0 Å². The van der Waals surface area contributed by atoms with Gasteiger partial charge in [-0.1, -0.05) is 18.2 Å². The number of hydrogen-bond donors (Lipinski definition) is 1. The number of aliphatic hydroxyl groups excluding tert-OH is 1. The Morgan fingerprint density at radius 1 is 0.630 bits per heavy atom. The molecule has 0 aliphatic carbocycles. The van der Waals surface area contributed by atoms with Crippen molar-refractivity contribution in [3.05, 3.63) is 35.9 Å². The average Bonchev–Trinajstić information content (AvgIpc) is 2.70. The van der Waals surface area contributed by atoms with E-state index in [1.807, 2.05) is 6.07 Å². The van der Waals surface area contributed by atoms with E-state index in [9.17, 15) is 4.79 Å². The monoisotopic (exact) mass is 386 g/mol. The number of ether oxygens (including phenoxy) is 6. The Bertz CT molecular complexity index is 454. The van der Waals surface area contributed by atoms with Crippen LogP contribution in [0.3, 0.4) is 0 Å². The van der Waals surface area contributed by atoms with E-state index in [-0.39, 0.29) is 19.2 Å². The molecule has 0 saturated heterocycles. The first kappa shape index (κ1) is 23.5. The van der Waals surface area contributed by atoms with Crippen molar-refractivity contribution >= 4 is 5.97 Å². The van der Waals surface area contributed by atoms with Crippen LogP contribution < -0.4 is 0 Å². The summed E-state index contributed by atoms with van der Waals surface area (Å²) in [5.74, 6) is -0.353. The standard InChI is InChI=1S/C19H30O8/c20-6-7-22-8-9-23-10-11-24-12-13-25-14-15-26-16-17-27-19(21)18-4-2-1-3-5-18/h1-5,20H,6-17H2. The second-order valence-corrected chi connectivity index (χ2v) is 5.29. The fraction of sp³-hybridized carbons (Fsp3) is 0.632. The molecule has 1 aromatic rings. The van der Waals surface area contributed by atoms with Crippen LogP contribution in [0.15, 0.2) is 30.3 Å². The molecule has 1 rings (SSSR count). The maximum absolute atomic E-state index is 11.7. The van der Waals surface area contributed by atoms with Gasteiger partial charge in [-0.3, -0.25) is 0 Å². The number of rotatable bonds is 18. The molecule has 8 nitrogen and oxygen atoms in total. The van der Waals surface area contributed by atoms with Crippen LogP contribution in [-0.2, 0) is 28.4 Å². The minimum absolute atomic E-state index is 0.0237. The van der Waals surface area contributed by atoms with Crippen molar-refractivity contribution in [2.75, 3.05) is 79.3 Å². The largest absolute Gasteiger partial charge is 0.460 e. The van der Waals surface area contributed by atoms with Crippen LogP contribution in [-0.4, -0.2) is 90.4 Å². The summed E-state index contributed by atoms with van der Waals surface area (Å²) < 4.78 is 31.5. The molecular formula is C19H30O8. The van der Waals surface area contributed by atoms with Crippen LogP contribution in [0.1, 0.15) is 10.4 Å². The van der Waals surface area contributed by atoms with Crippen molar-refractivity contribution in [1.29, 1.82) is 0 Å². The molecule has 0 bridgehead atoms. The molecule has 0 amide bonds. The second kappa shape index (κ2) is 17.8. The first-order chi connectivity index (χ1) is 13.3. The highest BCUT2D eigenvalue weighted by Crippen LogP contribution is 2.00. The minimum Gasteiger partial charge on any atom is -0.460 e. The fourth-order valence-electron chi connectivity index (χ4n) is 1.90. The molecule has 0 atom stereocenters. The molecule has 1 N–H and O–H groups in total. The topological polar surface area (TPSA) is 92.7 Å². The molecule has 0 aromatic heterocycles. The van der Waals surface area contributed by atoms with Gasteiger partial charge >= 0.3 is 5.97 Å². The van der Waals surface area contributed by atoms with Gasteiger partial charge in [0.25, 0.3) is 0 Å². The average molecular weight is 386 g/mol. The van der Waals surface area contributed by atoms with E-state index in [1.165, 1.54) is 0 Å². The lowest BCUT2D eigenvalue weighted by Crippen LogP contribution is -2.15. The van der Waals surface area contributed by atoms with E-state index in [0.717, 1.165) is 0 Å². The Kier molecular flexibility index (Phi) is 15.5. The van der Waals surface area contributed by atoms with E-state index >= 15 is 0 Å². The molecule has 8 heteroatoms. The van der Waals surface area contributed by atoms with Crippen LogP contribution in [0.4, 0.5) is 0 Å². The number of carbonyl (C=O) groups excluding carboxylic acids is 1. The van der Waals surface area contributed by atoms with Gasteiger partial charge in [-0.25, -0.2) is 4.79 Å². The van der Waals surface area contributed by atoms with Gasteiger partial charge in [0.05, 0.1) is 78.2 Å². The number of benzene rings is 1. The summed E-state index contributed by atoms with van der Waals surface area (Å²) in [4.78, 5) is 11.7. The molecule has 0 unspecified atom stereocenters. The summed E-state index contributed by atoms with van der Waals surface area (Å²) in [5.41, 5.74) is 0.529. The summed E-state index contributed by atoms with van der Waals surface area (Å²) in [6, 6.07) is 8.84. The number of aliphatic hydroxyl groups is 1. The zero-order valence-electron chi connectivity index (χ0n) is 15.7. The normalized spacial score (nSPS) is 10.9. The number of hydrogen-bond acceptors (Lipinski definition) is 8. The maximum atomic E-state index is 11.7. The highest BCUT2D eigenvalue weighted by Gasteiger charge is 2.04. The molecule has 154 valence electrons. The lowest BCUT2D eigenvalue weighted by Gasteiger charge is -2.08. The van der Waals surface area contributed by atoms with Crippen molar-refractivity contribution in [2.24, 2.45) is 0 Å². The Hall–Kier alpha value is -1.55. The Labute approximate surface area is 160 Å². The van der Waals surface area contributed by atoms with Gasteiger partial charge in [-0.15, -0.1) is 0 Å². The molecule has 1 aromatic carbocycles. The maximum Gasteiger partial charge on any atom is 0.338 e. The molecule has 0 spiro atoms. The van der Waals surface area contributed by atoms with Crippen LogP contribution >= 0.6 is 0 Å². The quantitative estimate of drug-likeness (QED) is 0.294. The zero-order chi connectivity index (χ0) is 19.4. The van der Waals surface area contributed by atoms with Gasteiger partial charge in [0.15, 0.2) is 0 Å². The number of carbonyl (C=O) groups is 1. The van der Waals surface area contributed by atoms with Gasteiger partial charge in [0, 0.05) is 0 Å². The summed E-state index contributed by atoms with van der Waals surface area (Å²) >= 11 is 0. The van der Waals surface area contributed by atoms with E-state index in [4.69, 9.17) is 33.5 Å². The predicted octanol–water partition coefficient (Wildman–Crippen LogP) is 0.919. The Morgan fingerprint density at radius 3 is 1.48 bits per heavy atom. The van der Waals surface area contributed by atoms with Crippen LogP contribution in [0.5, 0.6) is 0 Å². The minimum atomic E-state index is -0.353. The van der Waals surface area contributed by atoms with Gasteiger partial charge in [0.2, 0.25) is 0 Å². The Morgan fingerprint density at radius 2 is 1.04 bits per heavy atom. The van der Waals surface area contributed by atoms with Crippen LogP contribution in [0.2, 0.25) is 0 Å². The van der Waals surface area contributed by atoms with E-state index in [1.54, 1.807) is 24.3 Å². The van der Waals surface area contributed by atoms with Gasteiger partial charge in [-0.05, 0) is 12.1 Å². The summed E-state index contributed by atoms with van der Waals surface area (Å²) in [7, 11) is 0. The molecule has 0 fully saturated rings. The molecule has 0 aliphatic rings. The molecular weight excluding hydrogens is 356 g/mol. The van der Waals surface area contributed by atoms with Gasteiger partial charge < -0.3 is 33.5 Å². The zero-order valence-corrected chi connectivity index (χ0v) is 15.7. The van der Waals surface area contributed by atoms with Gasteiger partial charge in [0.1, 0.15) is 6.61 Å². The predicted molar refractivity (Wildman–Crippen MR) is 97.9 cm³/mol.